The molecule has 1 amide bonds. The van der Waals surface area contributed by atoms with Crippen molar-refractivity contribution in [2.75, 3.05) is 19.6 Å². The van der Waals surface area contributed by atoms with Crippen LogP contribution in [0.2, 0.25) is 0 Å². The van der Waals surface area contributed by atoms with Crippen molar-refractivity contribution in [3.05, 3.63) is 68.5 Å². The smallest absolute Gasteiger partial charge is 0.274 e. The molecule has 0 aliphatic carbocycles. The summed E-state index contributed by atoms with van der Waals surface area (Å²) in [4.78, 5) is 21.7. The minimum Gasteiger partial charge on any atom is -0.390 e. The fourth-order valence-corrected chi connectivity index (χ4v) is 5.92. The summed E-state index contributed by atoms with van der Waals surface area (Å²) < 4.78 is 3.55. The second-order valence-corrected chi connectivity index (χ2v) is 9.80. The molecule has 30 heavy (non-hydrogen) atoms. The molecule has 1 saturated heterocycles. The quantitative estimate of drug-likeness (QED) is 0.547. The number of nitrogens with zero attached hydrogens (tertiary/aromatic N) is 4. The zero-order valence-corrected chi connectivity index (χ0v) is 19.5. The van der Waals surface area contributed by atoms with E-state index in [0.717, 1.165) is 34.9 Å². The highest BCUT2D eigenvalue weighted by molar-refractivity contribution is 9.11. The Bertz CT molecular complexity index is 1120. The number of β-amino-alcohol motifs (C(OH)–C–C–N with tert-alkyl or cyclic N) is 1. The number of aliphatic hydroxyl groups is 1. The maximum atomic E-state index is 13.1. The molecule has 5 rings (SSSR count). The first-order valence-corrected chi connectivity index (χ1v) is 11.7. The molecule has 3 aromatic rings. The van der Waals surface area contributed by atoms with Crippen LogP contribution in [0, 0.1) is 0 Å². The summed E-state index contributed by atoms with van der Waals surface area (Å²) in [6.45, 7) is 2.76. The summed E-state index contributed by atoms with van der Waals surface area (Å²) in [5, 5.41) is 10.9. The first-order chi connectivity index (χ1) is 14.5. The van der Waals surface area contributed by atoms with Crippen molar-refractivity contribution < 1.29 is 9.90 Å². The molecule has 2 aliphatic heterocycles. The first-order valence-electron chi connectivity index (χ1n) is 10.1. The Balaban J connectivity index is 1.29. The third-order valence-corrected chi connectivity index (χ3v) is 7.17. The number of hydrogen-bond donors (Lipinski definition) is 1. The average Bonchev–Trinajstić information content (AvgIpc) is 3.17. The van der Waals surface area contributed by atoms with Crippen LogP contribution in [0.15, 0.2) is 51.7 Å². The van der Waals surface area contributed by atoms with E-state index in [1.807, 2.05) is 16.7 Å². The summed E-state index contributed by atoms with van der Waals surface area (Å²) in [6.07, 6.45) is 4.82. The van der Waals surface area contributed by atoms with Crippen molar-refractivity contribution in [1.82, 2.24) is 19.2 Å². The molecular weight excluding hydrogens is 512 g/mol. The van der Waals surface area contributed by atoms with Crippen LogP contribution in [-0.4, -0.2) is 62.0 Å². The number of carbonyl (C=O) groups is 1. The minimum atomic E-state index is -0.564. The van der Waals surface area contributed by atoms with Gasteiger partial charge < -0.3 is 14.4 Å². The van der Waals surface area contributed by atoms with Crippen LogP contribution in [-0.2, 0) is 13.0 Å². The van der Waals surface area contributed by atoms with Gasteiger partial charge >= 0.3 is 0 Å². The number of likely N-dealkylation sites (tertiary alicyclic amines) is 1. The third kappa shape index (κ3) is 3.70. The van der Waals surface area contributed by atoms with Crippen molar-refractivity contribution in [2.24, 2.45) is 0 Å². The number of rotatable bonds is 2. The Morgan fingerprint density at radius 1 is 1.13 bits per heavy atom. The predicted molar refractivity (Wildman–Crippen MR) is 121 cm³/mol. The van der Waals surface area contributed by atoms with Gasteiger partial charge in [-0.15, -0.1) is 0 Å². The SMILES string of the molecule is O=C(c1cn2cc(Br)cc(Br)c2n1)N1CC[C@H](N2CCc3ccccc3C2)[C@@H](O)C1. The molecule has 0 unspecified atom stereocenters. The maximum absolute atomic E-state index is 13.1. The normalized spacial score (nSPS) is 22.3. The lowest BCUT2D eigenvalue weighted by Gasteiger charge is -2.43. The Kier molecular flexibility index (Phi) is 5.43. The molecule has 1 aromatic carbocycles. The topological polar surface area (TPSA) is 61.1 Å². The maximum Gasteiger partial charge on any atom is 0.274 e. The van der Waals surface area contributed by atoms with Crippen LogP contribution in [0.4, 0.5) is 0 Å². The number of aromatic nitrogens is 2. The standard InChI is InChI=1S/C22H22Br2N4O2/c23-16-9-17(24)21-25-18(12-28(21)11-16)22(30)27-8-6-19(20(29)13-27)26-7-5-14-3-1-2-4-15(14)10-26/h1-4,9,11-12,19-20,29H,5-8,10,13H2/t19-,20-/m0/s1. The third-order valence-electron chi connectivity index (χ3n) is 6.15. The summed E-state index contributed by atoms with van der Waals surface area (Å²) in [6, 6.07) is 10.5. The van der Waals surface area contributed by atoms with Gasteiger partial charge in [0.15, 0.2) is 5.65 Å². The lowest BCUT2D eigenvalue weighted by molar-refractivity contribution is -0.0139. The van der Waals surface area contributed by atoms with E-state index in [4.69, 9.17) is 0 Å². The zero-order chi connectivity index (χ0) is 20.8. The molecule has 0 saturated carbocycles. The molecule has 0 bridgehead atoms. The molecule has 2 aromatic heterocycles. The highest BCUT2D eigenvalue weighted by Crippen LogP contribution is 2.27. The number of aliphatic hydroxyl groups excluding tert-OH is 1. The van der Waals surface area contributed by atoms with Gasteiger partial charge in [-0.05, 0) is 61.9 Å². The van der Waals surface area contributed by atoms with Gasteiger partial charge in [-0.1, -0.05) is 24.3 Å². The molecule has 156 valence electrons. The van der Waals surface area contributed by atoms with E-state index in [-0.39, 0.29) is 11.9 Å². The summed E-state index contributed by atoms with van der Waals surface area (Å²) in [5.74, 6) is -0.136. The van der Waals surface area contributed by atoms with Gasteiger partial charge in [0, 0.05) is 49.1 Å². The van der Waals surface area contributed by atoms with Crippen LogP contribution in [0.25, 0.3) is 5.65 Å². The van der Waals surface area contributed by atoms with E-state index in [2.05, 4.69) is 66.0 Å². The van der Waals surface area contributed by atoms with Crippen molar-refractivity contribution in [3.63, 3.8) is 0 Å². The lowest BCUT2D eigenvalue weighted by Crippen LogP contribution is -2.56. The second kappa shape index (κ2) is 8.07. The molecule has 1 fully saturated rings. The van der Waals surface area contributed by atoms with Gasteiger partial charge in [0.2, 0.25) is 0 Å². The van der Waals surface area contributed by atoms with E-state index in [1.165, 1.54) is 11.1 Å². The number of piperidine rings is 1. The average molecular weight is 534 g/mol. The molecule has 1 N–H and O–H groups in total. The van der Waals surface area contributed by atoms with E-state index < -0.39 is 6.10 Å². The van der Waals surface area contributed by atoms with Gasteiger partial charge in [0.1, 0.15) is 5.69 Å². The molecule has 0 spiro atoms. The van der Waals surface area contributed by atoms with E-state index in [0.29, 0.717) is 24.4 Å². The van der Waals surface area contributed by atoms with E-state index in [1.54, 1.807) is 11.1 Å². The van der Waals surface area contributed by atoms with Gasteiger partial charge in [0.05, 0.1) is 10.6 Å². The highest BCUT2D eigenvalue weighted by Gasteiger charge is 2.35. The molecule has 4 heterocycles. The molecule has 2 aliphatic rings. The summed E-state index contributed by atoms with van der Waals surface area (Å²) in [5.41, 5.74) is 3.84. The van der Waals surface area contributed by atoms with E-state index in [9.17, 15) is 9.90 Å². The molecular formula is C22H22Br2N4O2. The Labute approximate surface area is 191 Å². The Morgan fingerprint density at radius 3 is 2.73 bits per heavy atom. The largest absolute Gasteiger partial charge is 0.390 e. The fraction of sp³-hybridized carbons (Fsp3) is 0.364. The summed E-state index contributed by atoms with van der Waals surface area (Å²) >= 11 is 6.95. The molecule has 8 heteroatoms. The van der Waals surface area contributed by atoms with Crippen molar-refractivity contribution in [2.45, 2.75) is 31.5 Å². The second-order valence-electron chi connectivity index (χ2n) is 8.03. The predicted octanol–water partition coefficient (Wildman–Crippen LogP) is 3.49. The molecule has 0 radical (unpaired) electrons. The van der Waals surface area contributed by atoms with Gasteiger partial charge in [0.25, 0.3) is 5.91 Å². The monoisotopic (exact) mass is 532 g/mol. The minimum absolute atomic E-state index is 0.0774. The number of pyridine rings is 1. The van der Waals surface area contributed by atoms with Gasteiger partial charge in [-0.25, -0.2) is 4.98 Å². The van der Waals surface area contributed by atoms with Crippen LogP contribution in [0.5, 0.6) is 0 Å². The zero-order valence-electron chi connectivity index (χ0n) is 16.3. The van der Waals surface area contributed by atoms with Gasteiger partial charge in [-0.3, -0.25) is 9.69 Å². The fourth-order valence-electron chi connectivity index (χ4n) is 4.62. The number of fused-ring (bicyclic) bond motifs is 2. The number of amides is 1. The van der Waals surface area contributed by atoms with Crippen molar-refractivity contribution >= 4 is 43.4 Å². The number of hydrogen-bond acceptors (Lipinski definition) is 4. The molecule has 2 atom stereocenters. The molecule has 6 nitrogen and oxygen atoms in total. The lowest BCUT2D eigenvalue weighted by atomic mass is 9.94. The van der Waals surface area contributed by atoms with Crippen molar-refractivity contribution in [1.29, 1.82) is 0 Å². The first kappa shape index (κ1) is 20.2. The van der Waals surface area contributed by atoms with Crippen LogP contribution < -0.4 is 0 Å². The number of carbonyl (C=O) groups excluding carboxylic acids is 1. The summed E-state index contributed by atoms with van der Waals surface area (Å²) in [7, 11) is 0. The van der Waals surface area contributed by atoms with E-state index >= 15 is 0 Å². The van der Waals surface area contributed by atoms with Crippen LogP contribution in [0.3, 0.4) is 0 Å². The number of imidazole rings is 1. The Morgan fingerprint density at radius 2 is 1.93 bits per heavy atom. The van der Waals surface area contributed by atoms with Crippen LogP contribution >= 0.6 is 31.9 Å². The Hall–Kier alpha value is -1.74. The highest BCUT2D eigenvalue weighted by atomic mass is 79.9. The number of benzene rings is 1. The van der Waals surface area contributed by atoms with Gasteiger partial charge in [-0.2, -0.15) is 0 Å². The van der Waals surface area contributed by atoms with Crippen LogP contribution in [0.1, 0.15) is 28.0 Å². The van der Waals surface area contributed by atoms with Crippen molar-refractivity contribution in [3.8, 4) is 0 Å². The number of halogens is 2.